The second-order valence-electron chi connectivity index (χ2n) is 7.23. The van der Waals surface area contributed by atoms with Gasteiger partial charge in [0.1, 0.15) is 17.7 Å². The van der Waals surface area contributed by atoms with Gasteiger partial charge in [-0.25, -0.2) is 8.78 Å². The molecule has 5 rings (SSSR count). The highest BCUT2D eigenvalue weighted by Gasteiger charge is 2.42. The summed E-state index contributed by atoms with van der Waals surface area (Å²) in [5.41, 5.74) is 2.82. The number of anilines is 1. The van der Waals surface area contributed by atoms with Crippen LogP contribution in [0, 0.1) is 11.6 Å². The first-order chi connectivity index (χ1) is 15.1. The molecule has 1 N–H and O–H groups in total. The Labute approximate surface area is 183 Å². The number of nitrogens with one attached hydrogen (secondary N) is 1. The molecule has 0 radical (unpaired) electrons. The summed E-state index contributed by atoms with van der Waals surface area (Å²) >= 11 is 5.68. The molecule has 0 aliphatic carbocycles. The van der Waals surface area contributed by atoms with Crippen LogP contribution in [0.2, 0.25) is 0 Å². The van der Waals surface area contributed by atoms with E-state index in [1.54, 1.807) is 36.5 Å². The molecule has 7 heteroatoms. The van der Waals surface area contributed by atoms with Gasteiger partial charge in [0, 0.05) is 23.8 Å². The summed E-state index contributed by atoms with van der Waals surface area (Å²) < 4.78 is 30.1. The van der Waals surface area contributed by atoms with E-state index in [1.165, 1.54) is 18.2 Å². The van der Waals surface area contributed by atoms with Crippen molar-refractivity contribution in [3.05, 3.63) is 114 Å². The van der Waals surface area contributed by atoms with E-state index >= 15 is 0 Å². The third-order valence-corrected chi connectivity index (χ3v) is 5.71. The van der Waals surface area contributed by atoms with Crippen LogP contribution in [0.1, 0.15) is 23.5 Å². The van der Waals surface area contributed by atoms with Gasteiger partial charge in [0.25, 0.3) is 0 Å². The predicted octanol–water partition coefficient (Wildman–Crippen LogP) is 5.33. The first kappa shape index (κ1) is 19.4. The first-order valence-electron chi connectivity index (χ1n) is 9.82. The van der Waals surface area contributed by atoms with Crippen LogP contribution in [0.4, 0.5) is 14.5 Å². The lowest BCUT2D eigenvalue weighted by Crippen LogP contribution is -2.30. The molecule has 154 valence electrons. The van der Waals surface area contributed by atoms with E-state index < -0.39 is 0 Å². The van der Waals surface area contributed by atoms with Crippen LogP contribution in [-0.4, -0.2) is 14.7 Å². The summed E-state index contributed by atoms with van der Waals surface area (Å²) in [5.74, 6) is -0.648. The molecule has 0 saturated carbocycles. The van der Waals surface area contributed by atoms with Gasteiger partial charge in [-0.05, 0) is 72.9 Å². The van der Waals surface area contributed by atoms with Crippen molar-refractivity contribution in [3.63, 3.8) is 0 Å². The van der Waals surface area contributed by atoms with E-state index in [-0.39, 0.29) is 23.7 Å². The number of benzene rings is 2. The van der Waals surface area contributed by atoms with Crippen molar-refractivity contribution in [1.29, 1.82) is 0 Å². The zero-order chi connectivity index (χ0) is 21.4. The standard InChI is InChI=1S/C24H18F2N4S/c25-16-10-12-17(13-11-16)30-23(22(28-24(30)31)19-7-3-4-14-27-19)21-9-5-15-29(21)20-8-2-1-6-18(20)26/h1-15,22-23H,(H,28,31)/t22-,23+/m1/s1. The number of aromatic nitrogens is 2. The molecule has 4 aromatic rings. The summed E-state index contributed by atoms with van der Waals surface area (Å²) in [5, 5.41) is 3.85. The maximum Gasteiger partial charge on any atom is 0.174 e. The summed E-state index contributed by atoms with van der Waals surface area (Å²) in [4.78, 5) is 6.46. The van der Waals surface area contributed by atoms with Crippen LogP contribution in [0.15, 0.2) is 91.3 Å². The SMILES string of the molecule is Fc1ccc(N2C(=S)N[C@H](c3ccccn3)[C@@H]2c2cccn2-c2ccccc2F)cc1. The number of para-hydroxylation sites is 1. The maximum absolute atomic E-state index is 14.7. The van der Waals surface area contributed by atoms with Crippen LogP contribution in [0.25, 0.3) is 5.69 Å². The molecule has 1 aliphatic heterocycles. The molecule has 1 fully saturated rings. The van der Waals surface area contributed by atoms with Gasteiger partial charge in [-0.15, -0.1) is 0 Å². The average molecular weight is 432 g/mol. The van der Waals surface area contributed by atoms with Crippen LogP contribution in [0.3, 0.4) is 0 Å². The minimum atomic E-state index is -0.331. The van der Waals surface area contributed by atoms with Crippen molar-refractivity contribution in [2.75, 3.05) is 4.90 Å². The van der Waals surface area contributed by atoms with Gasteiger partial charge in [-0.3, -0.25) is 4.98 Å². The van der Waals surface area contributed by atoms with Gasteiger partial charge < -0.3 is 14.8 Å². The largest absolute Gasteiger partial charge is 0.351 e. The van der Waals surface area contributed by atoms with Crippen molar-refractivity contribution in [3.8, 4) is 5.69 Å². The number of halogens is 2. The number of rotatable bonds is 4. The highest BCUT2D eigenvalue weighted by atomic mass is 32.1. The monoisotopic (exact) mass is 432 g/mol. The van der Waals surface area contributed by atoms with Gasteiger partial charge in [0.2, 0.25) is 0 Å². The lowest BCUT2D eigenvalue weighted by Gasteiger charge is -2.29. The molecule has 0 amide bonds. The van der Waals surface area contributed by atoms with Crippen molar-refractivity contribution in [2.45, 2.75) is 12.1 Å². The molecule has 0 spiro atoms. The fourth-order valence-electron chi connectivity index (χ4n) is 4.04. The second-order valence-corrected chi connectivity index (χ2v) is 7.61. The summed E-state index contributed by atoms with van der Waals surface area (Å²) in [6, 6.07) is 21.7. The van der Waals surface area contributed by atoms with Gasteiger partial charge in [0.15, 0.2) is 5.11 Å². The zero-order valence-corrected chi connectivity index (χ0v) is 17.1. The molecule has 0 bridgehead atoms. The minimum absolute atomic E-state index is 0.279. The van der Waals surface area contributed by atoms with E-state index in [0.717, 1.165) is 17.1 Å². The molecule has 4 nitrogen and oxygen atoms in total. The molecule has 1 aliphatic rings. The van der Waals surface area contributed by atoms with Crippen molar-refractivity contribution in [1.82, 2.24) is 14.9 Å². The Morgan fingerprint density at radius 3 is 2.39 bits per heavy atom. The minimum Gasteiger partial charge on any atom is -0.351 e. The van der Waals surface area contributed by atoms with E-state index in [0.29, 0.717) is 10.8 Å². The van der Waals surface area contributed by atoms with Crippen molar-refractivity contribution < 1.29 is 8.78 Å². The topological polar surface area (TPSA) is 33.1 Å². The maximum atomic E-state index is 14.7. The van der Waals surface area contributed by atoms with Gasteiger partial charge in [-0.2, -0.15) is 0 Å². The van der Waals surface area contributed by atoms with E-state index in [1.807, 2.05) is 46.0 Å². The number of pyridine rings is 1. The fourth-order valence-corrected chi connectivity index (χ4v) is 4.38. The Hall–Kier alpha value is -3.58. The highest BCUT2D eigenvalue weighted by molar-refractivity contribution is 7.80. The Morgan fingerprint density at radius 1 is 0.871 bits per heavy atom. The summed E-state index contributed by atoms with van der Waals surface area (Å²) in [6.07, 6.45) is 3.56. The predicted molar refractivity (Wildman–Crippen MR) is 120 cm³/mol. The first-order valence-corrected chi connectivity index (χ1v) is 10.2. The zero-order valence-electron chi connectivity index (χ0n) is 16.3. The third kappa shape index (κ3) is 3.47. The smallest absolute Gasteiger partial charge is 0.174 e. The quantitative estimate of drug-likeness (QED) is 0.442. The summed E-state index contributed by atoms with van der Waals surface area (Å²) in [7, 11) is 0. The van der Waals surface area contributed by atoms with E-state index in [9.17, 15) is 8.78 Å². The molecular weight excluding hydrogens is 414 g/mol. The molecule has 0 unspecified atom stereocenters. The van der Waals surface area contributed by atoms with Crippen LogP contribution < -0.4 is 10.2 Å². The molecule has 2 aromatic heterocycles. The number of thiocarbonyl (C=S) groups is 1. The lowest BCUT2D eigenvalue weighted by atomic mass is 10.0. The average Bonchev–Trinajstić information content (AvgIpc) is 3.39. The Kier molecular flexibility index (Phi) is 4.95. The molecule has 3 heterocycles. The van der Waals surface area contributed by atoms with E-state index in [2.05, 4.69) is 10.3 Å². The molecule has 2 atom stereocenters. The number of nitrogens with zero attached hydrogens (tertiary/aromatic N) is 3. The van der Waals surface area contributed by atoms with Gasteiger partial charge in [-0.1, -0.05) is 18.2 Å². The summed E-state index contributed by atoms with van der Waals surface area (Å²) in [6.45, 7) is 0. The normalized spacial score (nSPS) is 18.3. The van der Waals surface area contributed by atoms with Gasteiger partial charge >= 0.3 is 0 Å². The van der Waals surface area contributed by atoms with Gasteiger partial charge in [0.05, 0.1) is 17.4 Å². The fraction of sp³-hybridized carbons (Fsp3) is 0.0833. The molecule has 1 saturated heterocycles. The molecule has 31 heavy (non-hydrogen) atoms. The Balaban J connectivity index is 1.68. The van der Waals surface area contributed by atoms with Crippen LogP contribution in [-0.2, 0) is 0 Å². The molecular formula is C24H18F2N4S. The van der Waals surface area contributed by atoms with E-state index in [4.69, 9.17) is 12.2 Å². The number of hydrogen-bond acceptors (Lipinski definition) is 2. The number of hydrogen-bond donors (Lipinski definition) is 1. The third-order valence-electron chi connectivity index (χ3n) is 5.40. The molecule has 2 aromatic carbocycles. The Morgan fingerprint density at radius 2 is 1.65 bits per heavy atom. The van der Waals surface area contributed by atoms with Crippen molar-refractivity contribution >= 4 is 23.0 Å². The highest BCUT2D eigenvalue weighted by Crippen LogP contribution is 2.42. The van der Waals surface area contributed by atoms with Crippen LogP contribution in [0.5, 0.6) is 0 Å². The Bertz CT molecular complexity index is 1220. The van der Waals surface area contributed by atoms with Crippen molar-refractivity contribution in [2.24, 2.45) is 0 Å². The van der Waals surface area contributed by atoms with Crippen LogP contribution >= 0.6 is 12.2 Å². The second kappa shape index (κ2) is 7.92. The lowest BCUT2D eigenvalue weighted by molar-refractivity contribution is 0.544.